The largest absolute Gasteiger partial charge is 0.478 e. The summed E-state index contributed by atoms with van der Waals surface area (Å²) in [5.74, 6) is -0.740. The fourth-order valence-electron chi connectivity index (χ4n) is 2.02. The third-order valence-corrected chi connectivity index (χ3v) is 2.96. The molecular weight excluding hydrogens is 261 g/mol. The molecule has 2 heterocycles. The van der Waals surface area contributed by atoms with E-state index in [2.05, 4.69) is 15.0 Å². The minimum atomic E-state index is -1.03. The van der Waals surface area contributed by atoms with Gasteiger partial charge in [0.2, 0.25) is 0 Å². The van der Waals surface area contributed by atoms with Gasteiger partial charge in [-0.3, -0.25) is 0 Å². The molecule has 0 amide bonds. The molecule has 3 rings (SSSR count). The molecule has 0 radical (unpaired) electrons. The first-order chi connectivity index (χ1) is 9.63. The molecule has 0 atom stereocenters. The van der Waals surface area contributed by atoms with E-state index < -0.39 is 5.97 Å². The predicted molar refractivity (Wildman–Crippen MR) is 70.1 cm³/mol. The number of H-pyrrole nitrogens is 1. The number of halogens is 1. The average Bonchev–Trinajstić information content (AvgIpc) is 2.83. The standard InChI is InChI=1S/C14H10FN3O2/c15-9-3-1-8(2-4-9)7-11-17-12-10(14(19)20)5-6-16-13(12)18-11/h1-6H,7H2,(H,19,20)(H,16,17,18). The first-order valence-electron chi connectivity index (χ1n) is 5.95. The highest BCUT2D eigenvalue weighted by atomic mass is 19.1. The Morgan fingerprint density at radius 3 is 2.70 bits per heavy atom. The number of hydrogen-bond donors (Lipinski definition) is 2. The Morgan fingerprint density at radius 2 is 2.00 bits per heavy atom. The van der Waals surface area contributed by atoms with Crippen molar-refractivity contribution in [2.75, 3.05) is 0 Å². The molecule has 6 heteroatoms. The molecule has 0 saturated carbocycles. The van der Waals surface area contributed by atoms with E-state index >= 15 is 0 Å². The van der Waals surface area contributed by atoms with Gasteiger partial charge in [-0.25, -0.2) is 19.2 Å². The zero-order valence-electron chi connectivity index (χ0n) is 10.3. The Hall–Kier alpha value is -2.76. The molecule has 2 N–H and O–H groups in total. The van der Waals surface area contributed by atoms with E-state index in [1.807, 2.05) is 0 Å². The number of nitrogens with zero attached hydrogens (tertiary/aromatic N) is 2. The van der Waals surface area contributed by atoms with Crippen LogP contribution in [0.15, 0.2) is 36.5 Å². The number of pyridine rings is 1. The van der Waals surface area contributed by atoms with E-state index in [1.54, 1.807) is 12.1 Å². The van der Waals surface area contributed by atoms with Crippen LogP contribution in [0.4, 0.5) is 4.39 Å². The zero-order valence-corrected chi connectivity index (χ0v) is 10.3. The van der Waals surface area contributed by atoms with Crippen LogP contribution in [0.1, 0.15) is 21.7 Å². The minimum Gasteiger partial charge on any atom is -0.478 e. The molecule has 0 unspecified atom stereocenters. The Labute approximate surface area is 113 Å². The van der Waals surface area contributed by atoms with E-state index in [1.165, 1.54) is 24.4 Å². The Morgan fingerprint density at radius 1 is 1.25 bits per heavy atom. The van der Waals surface area contributed by atoms with Crippen LogP contribution >= 0.6 is 0 Å². The summed E-state index contributed by atoms with van der Waals surface area (Å²) in [7, 11) is 0. The van der Waals surface area contributed by atoms with Crippen molar-refractivity contribution in [3.8, 4) is 0 Å². The molecule has 0 aliphatic heterocycles. The smallest absolute Gasteiger partial charge is 0.338 e. The van der Waals surface area contributed by atoms with Gasteiger partial charge in [-0.1, -0.05) is 12.1 Å². The fourth-order valence-corrected chi connectivity index (χ4v) is 2.02. The number of hydrogen-bond acceptors (Lipinski definition) is 3. The van der Waals surface area contributed by atoms with Crippen LogP contribution < -0.4 is 0 Å². The predicted octanol–water partition coefficient (Wildman–Crippen LogP) is 2.39. The van der Waals surface area contributed by atoms with Crippen molar-refractivity contribution in [1.82, 2.24) is 15.0 Å². The number of nitrogens with one attached hydrogen (secondary N) is 1. The van der Waals surface area contributed by atoms with E-state index in [4.69, 9.17) is 5.11 Å². The molecule has 0 fully saturated rings. The van der Waals surface area contributed by atoms with Crippen LogP contribution in [0.25, 0.3) is 11.2 Å². The van der Waals surface area contributed by atoms with Crippen molar-refractivity contribution in [2.45, 2.75) is 6.42 Å². The number of benzene rings is 1. The van der Waals surface area contributed by atoms with Gasteiger partial charge in [-0.2, -0.15) is 0 Å². The number of aromatic amines is 1. The van der Waals surface area contributed by atoms with Crippen LogP contribution in [0, 0.1) is 5.82 Å². The van der Waals surface area contributed by atoms with Gasteiger partial charge in [-0.05, 0) is 23.8 Å². The number of imidazole rings is 1. The molecule has 100 valence electrons. The maximum atomic E-state index is 12.8. The zero-order chi connectivity index (χ0) is 14.1. The summed E-state index contributed by atoms with van der Waals surface area (Å²) in [6, 6.07) is 7.49. The molecule has 5 nitrogen and oxygen atoms in total. The molecule has 0 saturated heterocycles. The summed E-state index contributed by atoms with van der Waals surface area (Å²) in [6.07, 6.45) is 1.87. The Bertz CT molecular complexity index is 781. The number of carbonyl (C=O) groups is 1. The lowest BCUT2D eigenvalue weighted by atomic mass is 10.1. The number of rotatable bonds is 3. The highest BCUT2D eigenvalue weighted by Crippen LogP contribution is 2.16. The first kappa shape index (κ1) is 12.3. The van der Waals surface area contributed by atoms with Crippen LogP contribution in [0.3, 0.4) is 0 Å². The molecule has 0 spiro atoms. The van der Waals surface area contributed by atoms with E-state index in [0.717, 1.165) is 5.56 Å². The lowest BCUT2D eigenvalue weighted by Crippen LogP contribution is -1.97. The van der Waals surface area contributed by atoms with Gasteiger partial charge in [0.25, 0.3) is 0 Å². The molecular formula is C14H10FN3O2. The number of carboxylic acid groups (broad SMARTS) is 1. The molecule has 2 aromatic heterocycles. The van der Waals surface area contributed by atoms with Crippen LogP contribution in [0.2, 0.25) is 0 Å². The van der Waals surface area contributed by atoms with Crippen molar-refractivity contribution in [3.05, 3.63) is 59.3 Å². The van der Waals surface area contributed by atoms with Crippen LogP contribution in [-0.2, 0) is 6.42 Å². The van der Waals surface area contributed by atoms with E-state index in [0.29, 0.717) is 23.4 Å². The second-order valence-electron chi connectivity index (χ2n) is 4.35. The average molecular weight is 271 g/mol. The Balaban J connectivity index is 1.99. The SMILES string of the molecule is O=C(O)c1ccnc2nc(Cc3ccc(F)cc3)[nH]c12. The lowest BCUT2D eigenvalue weighted by Gasteiger charge is -1.97. The summed E-state index contributed by atoms with van der Waals surface area (Å²) in [6.45, 7) is 0. The Kier molecular flexibility index (Phi) is 2.90. The number of carboxylic acids is 1. The summed E-state index contributed by atoms with van der Waals surface area (Å²) >= 11 is 0. The first-order valence-corrected chi connectivity index (χ1v) is 5.95. The number of aromatic carboxylic acids is 1. The van der Waals surface area contributed by atoms with Crippen molar-refractivity contribution >= 4 is 17.1 Å². The fraction of sp³-hybridized carbons (Fsp3) is 0.0714. The van der Waals surface area contributed by atoms with Crippen LogP contribution in [0.5, 0.6) is 0 Å². The van der Waals surface area contributed by atoms with Gasteiger partial charge in [0.15, 0.2) is 5.65 Å². The van der Waals surface area contributed by atoms with Crippen LogP contribution in [-0.4, -0.2) is 26.0 Å². The van der Waals surface area contributed by atoms with Gasteiger partial charge in [0, 0.05) is 12.6 Å². The normalized spacial score (nSPS) is 10.8. The second-order valence-corrected chi connectivity index (χ2v) is 4.35. The second kappa shape index (κ2) is 4.73. The van der Waals surface area contributed by atoms with E-state index in [9.17, 15) is 9.18 Å². The third kappa shape index (κ3) is 2.23. The number of aromatic nitrogens is 3. The van der Waals surface area contributed by atoms with Gasteiger partial charge >= 0.3 is 5.97 Å². The van der Waals surface area contributed by atoms with Crippen molar-refractivity contribution in [2.24, 2.45) is 0 Å². The molecule has 0 aliphatic carbocycles. The highest BCUT2D eigenvalue weighted by molar-refractivity contribution is 5.99. The summed E-state index contributed by atoms with van der Waals surface area (Å²) in [5.41, 5.74) is 1.77. The molecule has 3 aromatic rings. The van der Waals surface area contributed by atoms with Gasteiger partial charge in [-0.15, -0.1) is 0 Å². The van der Waals surface area contributed by atoms with Gasteiger partial charge < -0.3 is 10.1 Å². The molecule has 20 heavy (non-hydrogen) atoms. The topological polar surface area (TPSA) is 78.9 Å². The van der Waals surface area contributed by atoms with Crippen molar-refractivity contribution in [3.63, 3.8) is 0 Å². The van der Waals surface area contributed by atoms with E-state index in [-0.39, 0.29) is 11.4 Å². The third-order valence-electron chi connectivity index (χ3n) is 2.96. The molecule has 0 aliphatic rings. The van der Waals surface area contributed by atoms with Crippen molar-refractivity contribution in [1.29, 1.82) is 0 Å². The van der Waals surface area contributed by atoms with Gasteiger partial charge in [0.1, 0.15) is 11.6 Å². The van der Waals surface area contributed by atoms with Gasteiger partial charge in [0.05, 0.1) is 11.1 Å². The maximum absolute atomic E-state index is 12.8. The monoisotopic (exact) mass is 271 g/mol. The van der Waals surface area contributed by atoms with Crippen molar-refractivity contribution < 1.29 is 14.3 Å². The minimum absolute atomic E-state index is 0.132. The summed E-state index contributed by atoms with van der Waals surface area (Å²) in [4.78, 5) is 22.3. The summed E-state index contributed by atoms with van der Waals surface area (Å²) in [5, 5.41) is 9.10. The quantitative estimate of drug-likeness (QED) is 0.766. The number of fused-ring (bicyclic) bond motifs is 1. The highest BCUT2D eigenvalue weighted by Gasteiger charge is 2.13. The lowest BCUT2D eigenvalue weighted by molar-refractivity contribution is 0.0698. The molecule has 0 bridgehead atoms. The summed E-state index contributed by atoms with van der Waals surface area (Å²) < 4.78 is 12.8. The maximum Gasteiger partial charge on any atom is 0.338 e. The molecule has 1 aromatic carbocycles.